The van der Waals surface area contributed by atoms with Gasteiger partial charge in [-0.25, -0.2) is 4.39 Å². The third-order valence-corrected chi connectivity index (χ3v) is 4.67. The molecule has 1 aliphatic heterocycles. The molecule has 0 bridgehead atoms. The van der Waals surface area contributed by atoms with Gasteiger partial charge >= 0.3 is 0 Å². The topological polar surface area (TPSA) is 32.3 Å². The van der Waals surface area contributed by atoms with Gasteiger partial charge in [0.05, 0.1) is 6.04 Å². The first-order valence-electron chi connectivity index (χ1n) is 8.04. The second kappa shape index (κ2) is 6.14. The molecule has 0 radical (unpaired) electrons. The van der Waals surface area contributed by atoms with E-state index in [9.17, 15) is 9.18 Å². The normalized spacial score (nSPS) is 26.8. The minimum absolute atomic E-state index is 0.0920. The van der Waals surface area contributed by atoms with Gasteiger partial charge in [-0.05, 0) is 37.0 Å². The van der Waals surface area contributed by atoms with Crippen molar-refractivity contribution in [2.75, 3.05) is 0 Å². The van der Waals surface area contributed by atoms with Crippen molar-refractivity contribution in [3.05, 3.63) is 35.6 Å². The molecule has 1 N–H and O–H groups in total. The second-order valence-corrected chi connectivity index (χ2v) is 6.15. The molecule has 4 heteroatoms. The Morgan fingerprint density at radius 1 is 1.24 bits per heavy atom. The highest BCUT2D eigenvalue weighted by Crippen LogP contribution is 2.35. The van der Waals surface area contributed by atoms with E-state index in [0.29, 0.717) is 6.04 Å². The Hall–Kier alpha value is -1.42. The van der Waals surface area contributed by atoms with Crippen LogP contribution in [-0.4, -0.2) is 22.9 Å². The average Bonchev–Trinajstić information content (AvgIpc) is 3.09. The molecule has 114 valence electrons. The summed E-state index contributed by atoms with van der Waals surface area (Å²) in [6.45, 7) is 2.10. The van der Waals surface area contributed by atoms with Crippen LogP contribution in [0.15, 0.2) is 24.3 Å². The van der Waals surface area contributed by atoms with Gasteiger partial charge in [-0.2, -0.15) is 0 Å². The Balaban J connectivity index is 1.87. The molecular formula is C17H23FN2O. The Morgan fingerprint density at radius 2 is 1.90 bits per heavy atom. The van der Waals surface area contributed by atoms with Crippen LogP contribution in [0.4, 0.5) is 4.39 Å². The molecule has 3 nitrogen and oxygen atoms in total. The molecule has 1 aromatic rings. The summed E-state index contributed by atoms with van der Waals surface area (Å²) in [4.78, 5) is 14.8. The van der Waals surface area contributed by atoms with Crippen molar-refractivity contribution in [1.29, 1.82) is 0 Å². The third-order valence-electron chi connectivity index (χ3n) is 4.67. The van der Waals surface area contributed by atoms with Crippen LogP contribution >= 0.6 is 0 Å². The number of halogens is 1. The van der Waals surface area contributed by atoms with E-state index in [2.05, 4.69) is 12.2 Å². The summed E-state index contributed by atoms with van der Waals surface area (Å²) in [5.74, 6) is -0.0151. The van der Waals surface area contributed by atoms with Crippen molar-refractivity contribution in [2.45, 2.75) is 63.7 Å². The van der Waals surface area contributed by atoms with Gasteiger partial charge in [0.1, 0.15) is 12.0 Å². The number of rotatable bonds is 4. The second-order valence-electron chi connectivity index (χ2n) is 6.15. The fraction of sp³-hybridized carbons (Fsp3) is 0.588. The molecule has 1 heterocycles. The summed E-state index contributed by atoms with van der Waals surface area (Å²) in [5.41, 5.74) is 0.982. The van der Waals surface area contributed by atoms with Crippen molar-refractivity contribution in [3.63, 3.8) is 0 Å². The molecule has 0 aromatic heterocycles. The molecule has 1 aliphatic carbocycles. The highest BCUT2D eigenvalue weighted by atomic mass is 19.1. The molecule has 0 spiro atoms. The van der Waals surface area contributed by atoms with E-state index >= 15 is 0 Å². The zero-order valence-corrected chi connectivity index (χ0v) is 12.5. The maximum atomic E-state index is 13.1. The lowest BCUT2D eigenvalue weighted by Gasteiger charge is -2.30. The lowest BCUT2D eigenvalue weighted by atomic mass is 10.1. The molecule has 1 aromatic carbocycles. The van der Waals surface area contributed by atoms with Crippen LogP contribution in [0.2, 0.25) is 0 Å². The molecule has 3 rings (SSSR count). The molecule has 1 amide bonds. The van der Waals surface area contributed by atoms with Crippen molar-refractivity contribution in [3.8, 4) is 0 Å². The summed E-state index contributed by atoms with van der Waals surface area (Å²) in [6, 6.07) is 6.77. The molecule has 21 heavy (non-hydrogen) atoms. The van der Waals surface area contributed by atoms with E-state index in [-0.39, 0.29) is 23.9 Å². The van der Waals surface area contributed by atoms with Gasteiger partial charge in [-0.15, -0.1) is 0 Å². The Labute approximate surface area is 125 Å². The number of nitrogens with zero attached hydrogens (tertiary/aromatic N) is 1. The number of amides is 1. The molecule has 1 saturated heterocycles. The van der Waals surface area contributed by atoms with Crippen molar-refractivity contribution in [2.24, 2.45) is 0 Å². The number of carbonyl (C=O) groups is 1. The molecule has 2 atom stereocenters. The summed E-state index contributed by atoms with van der Waals surface area (Å²) in [7, 11) is 0. The number of benzene rings is 1. The minimum Gasteiger partial charge on any atom is -0.319 e. The number of carbonyl (C=O) groups excluding carboxylic acids is 1. The average molecular weight is 290 g/mol. The van der Waals surface area contributed by atoms with E-state index in [1.165, 1.54) is 25.0 Å². The van der Waals surface area contributed by atoms with E-state index in [1.54, 1.807) is 12.1 Å². The maximum absolute atomic E-state index is 13.1. The van der Waals surface area contributed by atoms with E-state index in [0.717, 1.165) is 31.2 Å². The molecule has 1 saturated carbocycles. The Bertz CT molecular complexity index is 496. The first-order valence-corrected chi connectivity index (χ1v) is 8.04. The van der Waals surface area contributed by atoms with E-state index in [4.69, 9.17) is 0 Å². The Kier molecular flexibility index (Phi) is 4.24. The largest absolute Gasteiger partial charge is 0.319 e. The van der Waals surface area contributed by atoms with Gasteiger partial charge in [0.15, 0.2) is 0 Å². The van der Waals surface area contributed by atoms with Crippen LogP contribution in [0, 0.1) is 5.82 Å². The fourth-order valence-corrected chi connectivity index (χ4v) is 3.62. The van der Waals surface area contributed by atoms with Gasteiger partial charge in [-0.1, -0.05) is 38.3 Å². The molecule has 2 fully saturated rings. The first-order chi connectivity index (χ1) is 10.2. The quantitative estimate of drug-likeness (QED) is 0.922. The van der Waals surface area contributed by atoms with Gasteiger partial charge in [-0.3, -0.25) is 10.1 Å². The Morgan fingerprint density at radius 3 is 2.52 bits per heavy atom. The smallest absolute Gasteiger partial charge is 0.241 e. The summed E-state index contributed by atoms with van der Waals surface area (Å²) in [6.07, 6.45) is 6.32. The number of nitrogens with one attached hydrogen (secondary N) is 1. The summed E-state index contributed by atoms with van der Waals surface area (Å²) >= 11 is 0. The van der Waals surface area contributed by atoms with Gasteiger partial charge in [0.2, 0.25) is 5.91 Å². The highest BCUT2D eigenvalue weighted by molar-refractivity contribution is 5.85. The highest BCUT2D eigenvalue weighted by Gasteiger charge is 2.43. The summed E-state index contributed by atoms with van der Waals surface area (Å²) in [5, 5.41) is 3.46. The maximum Gasteiger partial charge on any atom is 0.241 e. The minimum atomic E-state index is -0.236. The van der Waals surface area contributed by atoms with Crippen LogP contribution < -0.4 is 5.32 Å². The number of hydrogen-bond donors (Lipinski definition) is 1. The van der Waals surface area contributed by atoms with E-state index < -0.39 is 0 Å². The SMILES string of the molecule is CCCC1NC(c2ccc(F)cc2)N(C2CCCC2)C1=O. The lowest BCUT2D eigenvalue weighted by Crippen LogP contribution is -2.38. The third kappa shape index (κ3) is 2.82. The van der Waals surface area contributed by atoms with Crippen LogP contribution in [0.1, 0.15) is 57.2 Å². The predicted molar refractivity (Wildman–Crippen MR) is 80.1 cm³/mol. The zero-order chi connectivity index (χ0) is 14.8. The van der Waals surface area contributed by atoms with Crippen LogP contribution in [-0.2, 0) is 4.79 Å². The molecule has 2 unspecified atom stereocenters. The van der Waals surface area contributed by atoms with Gasteiger partial charge < -0.3 is 4.90 Å². The lowest BCUT2D eigenvalue weighted by molar-refractivity contribution is -0.132. The predicted octanol–water partition coefficient (Wildman–Crippen LogP) is 3.37. The van der Waals surface area contributed by atoms with Crippen LogP contribution in [0.25, 0.3) is 0 Å². The molecular weight excluding hydrogens is 267 g/mol. The first kappa shape index (κ1) is 14.5. The fourth-order valence-electron chi connectivity index (χ4n) is 3.62. The summed E-state index contributed by atoms with van der Waals surface area (Å²) < 4.78 is 13.1. The number of hydrogen-bond acceptors (Lipinski definition) is 2. The molecule has 2 aliphatic rings. The van der Waals surface area contributed by atoms with Gasteiger partial charge in [0.25, 0.3) is 0 Å². The van der Waals surface area contributed by atoms with Crippen molar-refractivity contribution < 1.29 is 9.18 Å². The van der Waals surface area contributed by atoms with Crippen molar-refractivity contribution in [1.82, 2.24) is 10.2 Å². The van der Waals surface area contributed by atoms with Gasteiger partial charge in [0, 0.05) is 6.04 Å². The standard InChI is InChI=1S/C17H23FN2O/c1-2-5-15-17(21)20(14-6-3-4-7-14)16(19-15)12-8-10-13(18)11-9-12/h8-11,14-16,19H,2-7H2,1H3. The van der Waals surface area contributed by atoms with E-state index in [1.807, 2.05) is 4.90 Å². The van der Waals surface area contributed by atoms with Crippen LogP contribution in [0.3, 0.4) is 0 Å². The monoisotopic (exact) mass is 290 g/mol. The zero-order valence-electron chi connectivity index (χ0n) is 12.5. The van der Waals surface area contributed by atoms with Crippen molar-refractivity contribution >= 4 is 5.91 Å². The van der Waals surface area contributed by atoms with Crippen LogP contribution in [0.5, 0.6) is 0 Å².